The maximum absolute atomic E-state index is 10.6. The number of nitrogens with zero attached hydrogens (tertiary/aromatic N) is 2. The van der Waals surface area contributed by atoms with Crippen LogP contribution in [0.25, 0.3) is 0 Å². The van der Waals surface area contributed by atoms with Crippen molar-refractivity contribution in [1.29, 1.82) is 0 Å². The Kier molecular flexibility index (Phi) is 4.35. The van der Waals surface area contributed by atoms with Crippen molar-refractivity contribution in [3.63, 3.8) is 0 Å². The molecule has 4 nitrogen and oxygen atoms in total. The summed E-state index contributed by atoms with van der Waals surface area (Å²) in [6.45, 7) is 0. The molecule has 0 unspecified atom stereocenters. The lowest BCUT2D eigenvalue weighted by molar-refractivity contribution is -0.137. The van der Waals surface area contributed by atoms with Gasteiger partial charge in [0.05, 0.1) is 6.33 Å². The van der Waals surface area contributed by atoms with Crippen molar-refractivity contribution >= 4 is 18.4 Å². The third-order valence-electron chi connectivity index (χ3n) is 3.39. The molecule has 16 heavy (non-hydrogen) atoms. The summed E-state index contributed by atoms with van der Waals surface area (Å²) in [5, 5.41) is 8.76. The molecule has 0 amide bonds. The van der Waals surface area contributed by atoms with Crippen LogP contribution in [0.15, 0.2) is 18.7 Å². The normalized spacial score (nSPS) is 18.0. The highest BCUT2D eigenvalue weighted by Crippen LogP contribution is 2.40. The first-order valence-electron chi connectivity index (χ1n) is 5.43. The zero-order chi connectivity index (χ0) is 10.7. The minimum atomic E-state index is -0.707. The van der Waals surface area contributed by atoms with E-state index in [-0.39, 0.29) is 24.4 Å². The Hall–Kier alpha value is -1.03. The van der Waals surface area contributed by atoms with E-state index in [1.807, 2.05) is 12.5 Å². The molecule has 5 heteroatoms. The van der Waals surface area contributed by atoms with Gasteiger partial charge in [-0.2, -0.15) is 0 Å². The summed E-state index contributed by atoms with van der Waals surface area (Å²) in [6.07, 6.45) is 11.0. The number of hydrogen-bond acceptors (Lipinski definition) is 2. The topological polar surface area (TPSA) is 55.1 Å². The van der Waals surface area contributed by atoms with Crippen molar-refractivity contribution in [1.82, 2.24) is 9.55 Å². The van der Waals surface area contributed by atoms with E-state index >= 15 is 0 Å². The third kappa shape index (κ3) is 2.55. The maximum atomic E-state index is 10.6. The first-order valence-corrected chi connectivity index (χ1v) is 5.43. The number of rotatable bonds is 4. The fourth-order valence-corrected chi connectivity index (χ4v) is 2.55. The van der Waals surface area contributed by atoms with Crippen molar-refractivity contribution in [2.45, 2.75) is 44.1 Å². The van der Waals surface area contributed by atoms with Crippen molar-refractivity contribution in [2.75, 3.05) is 0 Å². The molecule has 0 aromatic carbocycles. The molecule has 1 N–H and O–H groups in total. The molecule has 1 aromatic rings. The van der Waals surface area contributed by atoms with E-state index in [9.17, 15) is 4.79 Å². The van der Waals surface area contributed by atoms with Gasteiger partial charge in [0.15, 0.2) is 0 Å². The van der Waals surface area contributed by atoms with E-state index in [0.29, 0.717) is 0 Å². The SMILES string of the molecule is Cl.O=C(O)CCC1(n2ccnc2)CCCC1. The average molecular weight is 245 g/mol. The van der Waals surface area contributed by atoms with Crippen LogP contribution in [0.5, 0.6) is 0 Å². The Morgan fingerprint density at radius 3 is 2.62 bits per heavy atom. The predicted molar refractivity (Wildman–Crippen MR) is 62.8 cm³/mol. The highest BCUT2D eigenvalue weighted by atomic mass is 35.5. The number of imidazole rings is 1. The zero-order valence-electron chi connectivity index (χ0n) is 9.13. The average Bonchev–Trinajstić information content (AvgIpc) is 2.86. The number of hydrogen-bond donors (Lipinski definition) is 1. The van der Waals surface area contributed by atoms with E-state index in [2.05, 4.69) is 9.55 Å². The van der Waals surface area contributed by atoms with Crippen LogP contribution >= 0.6 is 12.4 Å². The summed E-state index contributed by atoms with van der Waals surface area (Å²) in [5.41, 5.74) is 0.0227. The van der Waals surface area contributed by atoms with E-state index in [1.54, 1.807) is 6.20 Å². The fourth-order valence-electron chi connectivity index (χ4n) is 2.55. The smallest absolute Gasteiger partial charge is 0.303 e. The monoisotopic (exact) mass is 244 g/mol. The van der Waals surface area contributed by atoms with Crippen molar-refractivity contribution in [3.8, 4) is 0 Å². The highest BCUT2D eigenvalue weighted by Gasteiger charge is 2.35. The maximum Gasteiger partial charge on any atom is 0.303 e. The molecule has 0 saturated heterocycles. The summed E-state index contributed by atoms with van der Waals surface area (Å²) in [6, 6.07) is 0. The lowest BCUT2D eigenvalue weighted by Gasteiger charge is -2.30. The number of carboxylic acids is 1. The van der Waals surface area contributed by atoms with E-state index < -0.39 is 5.97 Å². The molecular weight excluding hydrogens is 228 g/mol. The van der Waals surface area contributed by atoms with Crippen LogP contribution in [0.2, 0.25) is 0 Å². The molecule has 90 valence electrons. The van der Waals surface area contributed by atoms with Crippen molar-refractivity contribution < 1.29 is 9.90 Å². The van der Waals surface area contributed by atoms with Gasteiger partial charge in [0.25, 0.3) is 0 Å². The van der Waals surface area contributed by atoms with Crippen LogP contribution in [0.4, 0.5) is 0 Å². The van der Waals surface area contributed by atoms with Crippen LogP contribution in [0, 0.1) is 0 Å². The minimum Gasteiger partial charge on any atom is -0.481 e. The Balaban J connectivity index is 0.00000128. The van der Waals surface area contributed by atoms with Gasteiger partial charge in [0.2, 0.25) is 0 Å². The lowest BCUT2D eigenvalue weighted by atomic mass is 9.91. The number of halogens is 1. The molecular formula is C11H17ClN2O2. The second kappa shape index (κ2) is 5.34. The van der Waals surface area contributed by atoms with Gasteiger partial charge in [-0.15, -0.1) is 12.4 Å². The molecule has 0 radical (unpaired) electrons. The molecule has 1 aromatic heterocycles. The number of carboxylic acid groups (broad SMARTS) is 1. The summed E-state index contributed by atoms with van der Waals surface area (Å²) in [4.78, 5) is 14.7. The first kappa shape index (κ1) is 13.0. The summed E-state index contributed by atoms with van der Waals surface area (Å²) < 4.78 is 2.10. The zero-order valence-corrected chi connectivity index (χ0v) is 9.95. The van der Waals surface area contributed by atoms with Crippen LogP contribution < -0.4 is 0 Å². The summed E-state index contributed by atoms with van der Waals surface area (Å²) in [7, 11) is 0. The molecule has 0 aliphatic heterocycles. The van der Waals surface area contributed by atoms with Gasteiger partial charge < -0.3 is 9.67 Å². The first-order chi connectivity index (χ1) is 7.23. The molecule has 0 bridgehead atoms. The van der Waals surface area contributed by atoms with Gasteiger partial charge in [0, 0.05) is 24.4 Å². The standard InChI is InChI=1S/C11H16N2O2.ClH/c14-10(15)3-6-11(4-1-2-5-11)13-8-7-12-9-13;/h7-9H,1-6H2,(H,14,15);1H. The van der Waals surface area contributed by atoms with Gasteiger partial charge in [-0.05, 0) is 19.3 Å². The van der Waals surface area contributed by atoms with Crippen LogP contribution in [-0.2, 0) is 10.3 Å². The number of aliphatic carboxylic acids is 1. The second-order valence-electron chi connectivity index (χ2n) is 4.30. The molecule has 1 fully saturated rings. The summed E-state index contributed by atoms with van der Waals surface area (Å²) in [5.74, 6) is -0.707. The number of aromatic nitrogens is 2. The van der Waals surface area contributed by atoms with Crippen molar-refractivity contribution in [2.24, 2.45) is 0 Å². The molecule has 2 rings (SSSR count). The summed E-state index contributed by atoms with van der Waals surface area (Å²) >= 11 is 0. The van der Waals surface area contributed by atoms with Gasteiger partial charge in [-0.1, -0.05) is 12.8 Å². The quantitative estimate of drug-likeness (QED) is 0.885. The van der Waals surface area contributed by atoms with Crippen LogP contribution in [-0.4, -0.2) is 20.6 Å². The van der Waals surface area contributed by atoms with Crippen LogP contribution in [0.1, 0.15) is 38.5 Å². The number of carbonyl (C=O) groups is 1. The van der Waals surface area contributed by atoms with Gasteiger partial charge >= 0.3 is 5.97 Å². The third-order valence-corrected chi connectivity index (χ3v) is 3.39. The highest BCUT2D eigenvalue weighted by molar-refractivity contribution is 5.85. The molecule has 1 aliphatic rings. The van der Waals surface area contributed by atoms with E-state index in [4.69, 9.17) is 5.11 Å². The lowest BCUT2D eigenvalue weighted by Crippen LogP contribution is -2.30. The molecule has 0 atom stereocenters. The molecule has 1 heterocycles. The Bertz CT molecular complexity index is 332. The van der Waals surface area contributed by atoms with E-state index in [1.165, 1.54) is 12.8 Å². The minimum absolute atomic E-state index is 0. The Morgan fingerprint density at radius 2 is 2.12 bits per heavy atom. The molecule has 1 saturated carbocycles. The largest absolute Gasteiger partial charge is 0.481 e. The van der Waals surface area contributed by atoms with Crippen LogP contribution in [0.3, 0.4) is 0 Å². The second-order valence-corrected chi connectivity index (χ2v) is 4.30. The van der Waals surface area contributed by atoms with Crippen molar-refractivity contribution in [3.05, 3.63) is 18.7 Å². The van der Waals surface area contributed by atoms with E-state index in [0.717, 1.165) is 19.3 Å². The Labute approximate surface area is 101 Å². The van der Waals surface area contributed by atoms with Gasteiger partial charge in [-0.25, -0.2) is 4.98 Å². The van der Waals surface area contributed by atoms with Gasteiger partial charge in [-0.3, -0.25) is 4.79 Å². The fraction of sp³-hybridized carbons (Fsp3) is 0.636. The Morgan fingerprint density at radius 1 is 1.44 bits per heavy atom. The van der Waals surface area contributed by atoms with Gasteiger partial charge in [0.1, 0.15) is 0 Å². The molecule has 0 spiro atoms. The predicted octanol–water partition coefficient (Wildman–Crippen LogP) is 2.44. The molecule has 1 aliphatic carbocycles.